The molecule has 41 heavy (non-hydrogen) atoms. The van der Waals surface area contributed by atoms with Gasteiger partial charge in [0.25, 0.3) is 0 Å². The molecular weight excluding hydrogens is 532 g/mol. The molecule has 1 fully saturated rings. The lowest BCUT2D eigenvalue weighted by molar-refractivity contribution is -0.141. The van der Waals surface area contributed by atoms with Gasteiger partial charge in [0, 0.05) is 17.8 Å². The minimum Gasteiger partial charge on any atom is -0.502 e. The first-order valence-corrected chi connectivity index (χ1v) is 13.9. The van der Waals surface area contributed by atoms with Crippen LogP contribution in [0.25, 0.3) is 0 Å². The lowest BCUT2D eigenvalue weighted by atomic mass is 9.61. The van der Waals surface area contributed by atoms with Crippen molar-refractivity contribution in [3.8, 4) is 28.7 Å². The molecule has 222 valence electrons. The van der Waals surface area contributed by atoms with E-state index in [0.717, 1.165) is 37.1 Å². The van der Waals surface area contributed by atoms with Crippen LogP contribution in [0.2, 0.25) is 0 Å². The van der Waals surface area contributed by atoms with E-state index in [1.165, 1.54) is 14.2 Å². The molecule has 0 radical (unpaired) electrons. The molecule has 2 aromatic carbocycles. The monoisotopic (exact) mass is 570 g/mol. The summed E-state index contributed by atoms with van der Waals surface area (Å²) in [4.78, 5) is 26.4. The summed E-state index contributed by atoms with van der Waals surface area (Å²) in [5.74, 6) is -1.45. The first-order chi connectivity index (χ1) is 19.9. The van der Waals surface area contributed by atoms with Gasteiger partial charge in [-0.1, -0.05) is 0 Å². The second kappa shape index (κ2) is 12.4. The van der Waals surface area contributed by atoms with Crippen molar-refractivity contribution in [2.45, 2.75) is 30.7 Å². The molecule has 2 heterocycles. The normalized spacial score (nSPS) is 23.0. The second-order valence-electron chi connectivity index (χ2n) is 10.5. The fourth-order valence-electron chi connectivity index (χ4n) is 6.35. The average molecular weight is 571 g/mol. The van der Waals surface area contributed by atoms with Crippen molar-refractivity contribution in [3.05, 3.63) is 41.0 Å². The van der Waals surface area contributed by atoms with Crippen LogP contribution in [0.5, 0.6) is 28.7 Å². The van der Waals surface area contributed by atoms with Gasteiger partial charge < -0.3 is 50.9 Å². The van der Waals surface area contributed by atoms with Crippen molar-refractivity contribution < 1.29 is 38.4 Å². The Morgan fingerprint density at radius 1 is 1.02 bits per heavy atom. The highest BCUT2D eigenvalue weighted by Gasteiger charge is 2.55. The number of benzene rings is 2. The molecule has 7 N–H and O–H groups in total. The van der Waals surface area contributed by atoms with Crippen molar-refractivity contribution in [2.24, 2.45) is 23.3 Å². The van der Waals surface area contributed by atoms with E-state index in [4.69, 9.17) is 35.2 Å². The molecule has 5 unspecified atom stereocenters. The summed E-state index contributed by atoms with van der Waals surface area (Å²) >= 11 is 0. The maximum atomic E-state index is 13.4. The summed E-state index contributed by atoms with van der Waals surface area (Å²) in [5.41, 5.74) is 13.8. The number of esters is 1. The molecule has 1 aliphatic carbocycles. The number of primary amides is 1. The number of phenols is 1. The van der Waals surface area contributed by atoms with Gasteiger partial charge in [-0.05, 0) is 80.0 Å². The van der Waals surface area contributed by atoms with Gasteiger partial charge in [0.2, 0.25) is 18.4 Å². The molecule has 0 bridgehead atoms. The van der Waals surface area contributed by atoms with Gasteiger partial charge in [0.15, 0.2) is 23.0 Å². The molecule has 2 aliphatic heterocycles. The zero-order chi connectivity index (χ0) is 29.1. The highest BCUT2D eigenvalue weighted by Crippen LogP contribution is 2.57. The molecule has 12 nitrogen and oxygen atoms in total. The van der Waals surface area contributed by atoms with Gasteiger partial charge in [0.05, 0.1) is 32.8 Å². The Labute approximate surface area is 238 Å². The molecule has 1 amide bonds. The number of fused-ring (bicyclic) bond motifs is 3. The minimum atomic E-state index is -0.759. The molecule has 5 atom stereocenters. The Balaban J connectivity index is 1.57. The third-order valence-electron chi connectivity index (χ3n) is 8.22. The number of nitrogens with one attached hydrogen (secondary N) is 2. The van der Waals surface area contributed by atoms with E-state index < -0.39 is 29.7 Å². The number of carbonyl (C=O) groups is 2. The number of cyclic esters (lactones) is 1. The van der Waals surface area contributed by atoms with Crippen molar-refractivity contribution in [1.82, 2.24) is 10.6 Å². The van der Waals surface area contributed by atoms with Crippen LogP contribution in [0.15, 0.2) is 24.3 Å². The van der Waals surface area contributed by atoms with Gasteiger partial charge in [-0.2, -0.15) is 0 Å². The van der Waals surface area contributed by atoms with Gasteiger partial charge in [-0.15, -0.1) is 0 Å². The summed E-state index contributed by atoms with van der Waals surface area (Å²) in [6.45, 7) is 2.97. The highest BCUT2D eigenvalue weighted by molar-refractivity contribution is 5.84. The fraction of sp³-hybridized carbons (Fsp3) is 0.517. The molecule has 0 saturated carbocycles. The van der Waals surface area contributed by atoms with Crippen LogP contribution in [0, 0.1) is 11.8 Å². The number of rotatable bonds is 13. The Bertz CT molecular complexity index is 1260. The van der Waals surface area contributed by atoms with Crippen molar-refractivity contribution in [1.29, 1.82) is 0 Å². The summed E-state index contributed by atoms with van der Waals surface area (Å²) in [7, 11) is 2.90. The quantitative estimate of drug-likeness (QED) is 0.171. The number of carbonyl (C=O) groups excluding carboxylic acids is 2. The predicted octanol–water partition coefficient (Wildman–Crippen LogP) is 0.928. The largest absolute Gasteiger partial charge is 0.502 e. The van der Waals surface area contributed by atoms with E-state index in [1.54, 1.807) is 12.1 Å². The van der Waals surface area contributed by atoms with E-state index in [2.05, 4.69) is 10.6 Å². The van der Waals surface area contributed by atoms with E-state index >= 15 is 0 Å². The third-order valence-corrected chi connectivity index (χ3v) is 8.22. The zero-order valence-electron chi connectivity index (χ0n) is 23.3. The number of hydrogen-bond acceptors (Lipinski definition) is 11. The topological polar surface area (TPSA) is 177 Å². The predicted molar refractivity (Wildman–Crippen MR) is 148 cm³/mol. The number of nitrogens with two attached hydrogens (primary N) is 2. The SMILES string of the molecule is COc1cc(C2c3cc4c(cc3C(C(NCCCNCCCN)C(N)=O)C3COC(=O)C23)OCO4)cc(OC)c1O. The van der Waals surface area contributed by atoms with Crippen molar-refractivity contribution in [3.63, 3.8) is 0 Å². The van der Waals surface area contributed by atoms with Gasteiger partial charge in [-0.3, -0.25) is 9.59 Å². The number of methoxy groups -OCH3 is 2. The van der Waals surface area contributed by atoms with Crippen LogP contribution < -0.4 is 41.0 Å². The Kier molecular flexibility index (Phi) is 8.71. The number of aromatic hydroxyl groups is 1. The number of amides is 1. The van der Waals surface area contributed by atoms with Gasteiger partial charge in [0.1, 0.15) is 0 Å². The highest BCUT2D eigenvalue weighted by atomic mass is 16.7. The molecule has 1 saturated heterocycles. The minimum absolute atomic E-state index is 0.0674. The first-order valence-electron chi connectivity index (χ1n) is 13.9. The lowest BCUT2D eigenvalue weighted by Gasteiger charge is -2.42. The van der Waals surface area contributed by atoms with E-state index in [9.17, 15) is 14.7 Å². The van der Waals surface area contributed by atoms with Crippen LogP contribution in [-0.4, -0.2) is 76.8 Å². The standard InChI is InChI=1S/C29H38N4O8/c1-37-21-9-15(10-22(38-2)27(21)34)23-16-11-19-20(41-14-40-19)12-17(16)24(18-13-39-29(36)25(18)23)26(28(31)35)33-8-4-7-32-6-3-5-30/h9-12,18,23-26,32-34H,3-8,13-14,30H2,1-2H3,(H2,31,35). The molecule has 3 aliphatic rings. The van der Waals surface area contributed by atoms with Gasteiger partial charge >= 0.3 is 5.97 Å². The molecule has 5 rings (SSSR count). The molecule has 0 aromatic heterocycles. The molecule has 2 aromatic rings. The summed E-state index contributed by atoms with van der Waals surface area (Å²) in [5, 5.41) is 17.3. The van der Waals surface area contributed by atoms with Crippen LogP contribution in [0.4, 0.5) is 0 Å². The van der Waals surface area contributed by atoms with Crippen LogP contribution in [-0.2, 0) is 14.3 Å². The summed E-state index contributed by atoms with van der Waals surface area (Å²) < 4.78 is 27.9. The maximum absolute atomic E-state index is 13.4. The Morgan fingerprint density at radius 3 is 2.32 bits per heavy atom. The number of ether oxygens (including phenoxy) is 5. The molecule has 0 spiro atoms. The van der Waals surface area contributed by atoms with E-state index in [0.29, 0.717) is 30.2 Å². The van der Waals surface area contributed by atoms with Crippen LogP contribution in [0.1, 0.15) is 41.4 Å². The van der Waals surface area contributed by atoms with E-state index in [-0.39, 0.29) is 42.5 Å². The van der Waals surface area contributed by atoms with Gasteiger partial charge in [-0.25, -0.2) is 0 Å². The number of phenolic OH excluding ortho intramolecular Hbond substituents is 1. The van der Waals surface area contributed by atoms with E-state index in [1.807, 2.05) is 12.1 Å². The summed E-state index contributed by atoms with van der Waals surface area (Å²) in [6, 6.07) is 6.38. The zero-order valence-corrected chi connectivity index (χ0v) is 23.3. The third kappa shape index (κ3) is 5.46. The summed E-state index contributed by atoms with van der Waals surface area (Å²) in [6.07, 6.45) is 1.66. The first kappa shape index (κ1) is 28.8. The maximum Gasteiger partial charge on any atom is 0.310 e. The van der Waals surface area contributed by atoms with Crippen molar-refractivity contribution >= 4 is 11.9 Å². The average Bonchev–Trinajstić information content (AvgIpc) is 3.59. The Morgan fingerprint density at radius 2 is 1.68 bits per heavy atom. The second-order valence-corrected chi connectivity index (χ2v) is 10.5. The number of hydrogen-bond donors (Lipinski definition) is 5. The van der Waals surface area contributed by atoms with Crippen LogP contribution >= 0.6 is 0 Å². The van der Waals surface area contributed by atoms with Crippen molar-refractivity contribution in [2.75, 3.05) is 53.8 Å². The fourth-order valence-corrected chi connectivity index (χ4v) is 6.35. The smallest absolute Gasteiger partial charge is 0.310 e. The molecular formula is C29H38N4O8. The lowest BCUT2D eigenvalue weighted by Crippen LogP contribution is -2.51. The van der Waals surface area contributed by atoms with Crippen LogP contribution in [0.3, 0.4) is 0 Å². The molecule has 12 heteroatoms. The Hall–Kier alpha value is -3.74.